The molecule has 0 spiro atoms. The number of rotatable bonds is 2. The lowest BCUT2D eigenvalue weighted by atomic mass is 10.0. The third-order valence-corrected chi connectivity index (χ3v) is 3.71. The second-order valence-corrected chi connectivity index (χ2v) is 5.37. The van der Waals surface area contributed by atoms with Crippen molar-refractivity contribution in [1.82, 2.24) is 14.5 Å². The highest BCUT2D eigenvalue weighted by molar-refractivity contribution is 5.90. The van der Waals surface area contributed by atoms with Gasteiger partial charge in [-0.05, 0) is 43.2 Å². The van der Waals surface area contributed by atoms with Crippen molar-refractivity contribution in [3.05, 3.63) is 59.0 Å². The SMILES string of the molecule is Cc1ccc(/C=C(\C#N)c2nc3cccnc3n2C)c(C)c1. The second-order valence-electron chi connectivity index (χ2n) is 5.37. The van der Waals surface area contributed by atoms with Gasteiger partial charge in [0, 0.05) is 13.2 Å². The molecule has 0 aliphatic carbocycles. The molecular weight excluding hydrogens is 272 g/mol. The molecule has 0 bridgehead atoms. The summed E-state index contributed by atoms with van der Waals surface area (Å²) in [6, 6.07) is 12.2. The van der Waals surface area contributed by atoms with E-state index in [1.165, 1.54) is 5.56 Å². The summed E-state index contributed by atoms with van der Waals surface area (Å²) in [5, 5.41) is 9.54. The summed E-state index contributed by atoms with van der Waals surface area (Å²) < 4.78 is 1.86. The number of hydrogen-bond donors (Lipinski definition) is 0. The van der Waals surface area contributed by atoms with Crippen LogP contribution >= 0.6 is 0 Å². The van der Waals surface area contributed by atoms with Gasteiger partial charge in [-0.3, -0.25) is 0 Å². The third kappa shape index (κ3) is 2.38. The Bertz CT molecular complexity index is 926. The maximum absolute atomic E-state index is 9.54. The predicted molar refractivity (Wildman–Crippen MR) is 87.9 cm³/mol. The predicted octanol–water partition coefficient (Wildman–Crippen LogP) is 3.65. The van der Waals surface area contributed by atoms with Crippen LogP contribution in [0.25, 0.3) is 22.8 Å². The minimum absolute atomic E-state index is 0.535. The number of aryl methyl sites for hydroxylation is 3. The van der Waals surface area contributed by atoms with Crippen LogP contribution in [-0.4, -0.2) is 14.5 Å². The van der Waals surface area contributed by atoms with Crippen molar-refractivity contribution in [2.75, 3.05) is 0 Å². The maximum atomic E-state index is 9.54. The standard InChI is InChI=1S/C18H16N4/c1-12-6-7-14(13(2)9-12)10-15(11-19)17-21-16-5-4-8-20-18(16)22(17)3/h4-10H,1-3H3/b15-10+. The normalized spacial score (nSPS) is 11.6. The lowest BCUT2D eigenvalue weighted by molar-refractivity contribution is 0.910. The Morgan fingerprint density at radius 1 is 1.27 bits per heavy atom. The molecule has 4 heteroatoms. The van der Waals surface area contributed by atoms with E-state index in [1.54, 1.807) is 6.20 Å². The molecule has 3 aromatic rings. The maximum Gasteiger partial charge on any atom is 0.160 e. The Labute approximate surface area is 129 Å². The van der Waals surface area contributed by atoms with Gasteiger partial charge in [0.05, 0.1) is 5.57 Å². The molecule has 0 atom stereocenters. The molecule has 108 valence electrons. The molecule has 0 radical (unpaired) electrons. The van der Waals surface area contributed by atoms with Crippen molar-refractivity contribution in [3.8, 4) is 6.07 Å². The van der Waals surface area contributed by atoms with Crippen molar-refractivity contribution >= 4 is 22.8 Å². The first kappa shape index (κ1) is 14.0. The van der Waals surface area contributed by atoms with Gasteiger partial charge in [0.2, 0.25) is 0 Å². The molecule has 2 heterocycles. The lowest BCUT2D eigenvalue weighted by Gasteiger charge is -2.04. The largest absolute Gasteiger partial charge is 0.311 e. The number of nitrogens with zero attached hydrogens (tertiary/aromatic N) is 4. The van der Waals surface area contributed by atoms with E-state index in [-0.39, 0.29) is 0 Å². The fourth-order valence-corrected chi connectivity index (χ4v) is 2.55. The molecule has 2 aromatic heterocycles. The van der Waals surface area contributed by atoms with Gasteiger partial charge >= 0.3 is 0 Å². The molecule has 0 saturated heterocycles. The van der Waals surface area contributed by atoms with Gasteiger partial charge in [-0.25, -0.2) is 9.97 Å². The topological polar surface area (TPSA) is 54.5 Å². The van der Waals surface area contributed by atoms with E-state index < -0.39 is 0 Å². The Morgan fingerprint density at radius 3 is 2.77 bits per heavy atom. The van der Waals surface area contributed by atoms with Gasteiger partial charge < -0.3 is 4.57 Å². The van der Waals surface area contributed by atoms with Crippen LogP contribution in [0.15, 0.2) is 36.5 Å². The van der Waals surface area contributed by atoms with Crippen LogP contribution in [-0.2, 0) is 7.05 Å². The first-order chi connectivity index (χ1) is 10.6. The summed E-state index contributed by atoms with van der Waals surface area (Å²) >= 11 is 0. The van der Waals surface area contributed by atoms with Crippen LogP contribution in [0.2, 0.25) is 0 Å². The Morgan fingerprint density at radius 2 is 2.09 bits per heavy atom. The van der Waals surface area contributed by atoms with E-state index in [2.05, 4.69) is 29.0 Å². The molecule has 0 amide bonds. The van der Waals surface area contributed by atoms with Gasteiger partial charge in [0.1, 0.15) is 11.6 Å². The zero-order valence-corrected chi connectivity index (χ0v) is 12.8. The fourth-order valence-electron chi connectivity index (χ4n) is 2.55. The summed E-state index contributed by atoms with van der Waals surface area (Å²) in [4.78, 5) is 8.85. The number of aromatic nitrogens is 3. The molecule has 3 rings (SSSR count). The van der Waals surface area contributed by atoms with Gasteiger partial charge in [0.25, 0.3) is 0 Å². The molecule has 4 nitrogen and oxygen atoms in total. The molecule has 0 aliphatic rings. The van der Waals surface area contributed by atoms with Crippen LogP contribution in [0, 0.1) is 25.2 Å². The van der Waals surface area contributed by atoms with Crippen molar-refractivity contribution in [3.63, 3.8) is 0 Å². The number of nitriles is 1. The van der Waals surface area contributed by atoms with E-state index in [1.807, 2.05) is 48.9 Å². The Hall–Kier alpha value is -2.93. The van der Waals surface area contributed by atoms with Gasteiger partial charge in [0.15, 0.2) is 11.5 Å². The van der Waals surface area contributed by atoms with Crippen LogP contribution < -0.4 is 0 Å². The zero-order chi connectivity index (χ0) is 15.7. The number of pyridine rings is 1. The number of hydrogen-bond acceptors (Lipinski definition) is 3. The molecule has 0 saturated carbocycles. The van der Waals surface area contributed by atoms with Crippen molar-refractivity contribution in [2.24, 2.45) is 7.05 Å². The molecule has 0 N–H and O–H groups in total. The molecule has 0 fully saturated rings. The number of benzene rings is 1. The summed E-state index contributed by atoms with van der Waals surface area (Å²) in [5.74, 6) is 0.635. The van der Waals surface area contributed by atoms with E-state index >= 15 is 0 Å². The zero-order valence-electron chi connectivity index (χ0n) is 12.8. The van der Waals surface area contributed by atoms with Gasteiger partial charge in [-0.1, -0.05) is 23.8 Å². The van der Waals surface area contributed by atoms with Gasteiger partial charge in [-0.15, -0.1) is 0 Å². The van der Waals surface area contributed by atoms with Crippen LogP contribution in [0.4, 0.5) is 0 Å². The summed E-state index contributed by atoms with van der Waals surface area (Å²) in [7, 11) is 1.88. The summed E-state index contributed by atoms with van der Waals surface area (Å²) in [6.07, 6.45) is 3.61. The minimum atomic E-state index is 0.535. The summed E-state index contributed by atoms with van der Waals surface area (Å²) in [6.45, 7) is 4.10. The second kappa shape index (κ2) is 5.45. The van der Waals surface area contributed by atoms with Crippen LogP contribution in [0.3, 0.4) is 0 Å². The van der Waals surface area contributed by atoms with Gasteiger partial charge in [-0.2, -0.15) is 5.26 Å². The lowest BCUT2D eigenvalue weighted by Crippen LogP contribution is -1.97. The van der Waals surface area contributed by atoms with E-state index in [0.717, 1.165) is 22.3 Å². The monoisotopic (exact) mass is 288 g/mol. The van der Waals surface area contributed by atoms with Crippen molar-refractivity contribution in [1.29, 1.82) is 5.26 Å². The molecule has 22 heavy (non-hydrogen) atoms. The molecular formula is C18H16N4. The van der Waals surface area contributed by atoms with E-state index in [0.29, 0.717) is 11.4 Å². The van der Waals surface area contributed by atoms with E-state index in [9.17, 15) is 5.26 Å². The first-order valence-electron chi connectivity index (χ1n) is 7.07. The molecule has 0 aliphatic heterocycles. The smallest absolute Gasteiger partial charge is 0.160 e. The molecule has 0 unspecified atom stereocenters. The summed E-state index contributed by atoms with van der Waals surface area (Å²) in [5.41, 5.74) is 5.49. The first-order valence-corrected chi connectivity index (χ1v) is 7.07. The highest BCUT2D eigenvalue weighted by atomic mass is 15.1. The fraction of sp³-hybridized carbons (Fsp3) is 0.167. The number of imidazole rings is 1. The highest BCUT2D eigenvalue weighted by Crippen LogP contribution is 2.22. The number of allylic oxidation sites excluding steroid dienone is 1. The number of fused-ring (bicyclic) bond motifs is 1. The highest BCUT2D eigenvalue weighted by Gasteiger charge is 2.13. The average Bonchev–Trinajstić information content (AvgIpc) is 2.84. The van der Waals surface area contributed by atoms with Crippen molar-refractivity contribution < 1.29 is 0 Å². The van der Waals surface area contributed by atoms with Crippen LogP contribution in [0.5, 0.6) is 0 Å². The Kier molecular flexibility index (Phi) is 3.48. The van der Waals surface area contributed by atoms with Crippen molar-refractivity contribution in [2.45, 2.75) is 13.8 Å². The van der Waals surface area contributed by atoms with Crippen LogP contribution in [0.1, 0.15) is 22.5 Å². The molecule has 1 aromatic carbocycles. The average molecular weight is 288 g/mol. The quantitative estimate of drug-likeness (QED) is 0.676. The third-order valence-electron chi connectivity index (χ3n) is 3.71. The van der Waals surface area contributed by atoms with E-state index in [4.69, 9.17) is 0 Å². The Balaban J connectivity index is 2.16. The minimum Gasteiger partial charge on any atom is -0.311 e.